The van der Waals surface area contributed by atoms with Gasteiger partial charge in [-0.2, -0.15) is 0 Å². The zero-order chi connectivity index (χ0) is 19.8. The van der Waals surface area contributed by atoms with E-state index >= 15 is 0 Å². The van der Waals surface area contributed by atoms with Gasteiger partial charge in [-0.3, -0.25) is 14.4 Å². The molecule has 0 unspecified atom stereocenters. The van der Waals surface area contributed by atoms with E-state index in [2.05, 4.69) is 26.6 Å². The van der Waals surface area contributed by atoms with E-state index < -0.39 is 18.5 Å². The molecule has 0 heterocycles. The highest BCUT2D eigenvalue weighted by atomic mass is 79.9. The Labute approximate surface area is 166 Å². The van der Waals surface area contributed by atoms with Crippen molar-refractivity contribution in [1.82, 2.24) is 0 Å². The topological polar surface area (TPSA) is 84.5 Å². The van der Waals surface area contributed by atoms with Crippen LogP contribution in [0.3, 0.4) is 0 Å². The van der Waals surface area contributed by atoms with Crippen LogP contribution in [0.1, 0.15) is 24.0 Å². The molecule has 6 nitrogen and oxygen atoms in total. The minimum Gasteiger partial charge on any atom is -0.456 e. The predicted molar refractivity (Wildman–Crippen MR) is 108 cm³/mol. The minimum absolute atomic E-state index is 0.0137. The second kappa shape index (κ2) is 9.87. The largest absolute Gasteiger partial charge is 0.456 e. The molecule has 2 aromatic carbocycles. The van der Waals surface area contributed by atoms with Crippen LogP contribution in [0.2, 0.25) is 0 Å². The third kappa shape index (κ3) is 7.22. The molecule has 7 heteroatoms. The van der Waals surface area contributed by atoms with Crippen molar-refractivity contribution in [2.24, 2.45) is 0 Å². The number of halogens is 1. The average Bonchev–Trinajstić information content (AvgIpc) is 2.62. The van der Waals surface area contributed by atoms with Crippen molar-refractivity contribution >= 4 is 45.1 Å². The third-order valence-corrected chi connectivity index (χ3v) is 4.21. The van der Waals surface area contributed by atoms with E-state index in [0.717, 1.165) is 15.6 Å². The number of amides is 2. The van der Waals surface area contributed by atoms with E-state index in [1.165, 1.54) is 0 Å². The molecule has 0 saturated carbocycles. The number of hydrogen-bond donors (Lipinski definition) is 2. The van der Waals surface area contributed by atoms with Gasteiger partial charge < -0.3 is 15.4 Å². The summed E-state index contributed by atoms with van der Waals surface area (Å²) in [7, 11) is 0. The maximum atomic E-state index is 11.9. The standard InChI is InChI=1S/C20H21BrN2O4/c1-13-3-6-16(7-4-13)22-18(24)9-10-20(26)27-12-19(25)23-17-8-5-15(21)11-14(17)2/h3-8,11H,9-10,12H2,1-2H3,(H,22,24)(H,23,25). The first-order chi connectivity index (χ1) is 12.8. The van der Waals surface area contributed by atoms with Crippen molar-refractivity contribution in [1.29, 1.82) is 0 Å². The molecule has 0 saturated heterocycles. The van der Waals surface area contributed by atoms with Gasteiger partial charge >= 0.3 is 5.97 Å². The first-order valence-corrected chi connectivity index (χ1v) is 9.21. The van der Waals surface area contributed by atoms with Crippen LogP contribution in [0, 0.1) is 13.8 Å². The molecule has 0 aliphatic heterocycles. The molecule has 0 fully saturated rings. The number of benzene rings is 2. The van der Waals surface area contributed by atoms with E-state index in [-0.39, 0.29) is 18.7 Å². The zero-order valence-electron chi connectivity index (χ0n) is 15.2. The first kappa shape index (κ1) is 20.6. The van der Waals surface area contributed by atoms with E-state index in [4.69, 9.17) is 4.74 Å². The number of esters is 1. The SMILES string of the molecule is Cc1ccc(NC(=O)CCC(=O)OCC(=O)Nc2ccc(Br)cc2C)cc1. The summed E-state index contributed by atoms with van der Waals surface area (Å²) in [5.74, 6) is -1.32. The average molecular weight is 433 g/mol. The minimum atomic E-state index is -0.600. The highest BCUT2D eigenvalue weighted by molar-refractivity contribution is 9.10. The molecular formula is C20H21BrN2O4. The van der Waals surface area contributed by atoms with Gasteiger partial charge in [-0.25, -0.2) is 0 Å². The van der Waals surface area contributed by atoms with Crippen molar-refractivity contribution < 1.29 is 19.1 Å². The second-order valence-corrected chi connectivity index (χ2v) is 7.00. The molecule has 0 bridgehead atoms. The molecule has 27 heavy (non-hydrogen) atoms. The van der Waals surface area contributed by atoms with Crippen molar-refractivity contribution in [3.8, 4) is 0 Å². The summed E-state index contributed by atoms with van der Waals surface area (Å²) < 4.78 is 5.83. The number of hydrogen-bond acceptors (Lipinski definition) is 4. The summed E-state index contributed by atoms with van der Waals surface area (Å²) in [4.78, 5) is 35.5. The van der Waals surface area contributed by atoms with Crippen LogP contribution in [0.5, 0.6) is 0 Å². The molecule has 0 radical (unpaired) electrons. The monoisotopic (exact) mass is 432 g/mol. The normalized spacial score (nSPS) is 10.2. The van der Waals surface area contributed by atoms with Crippen molar-refractivity contribution in [2.45, 2.75) is 26.7 Å². The fourth-order valence-electron chi connectivity index (χ4n) is 2.25. The molecule has 2 N–H and O–H groups in total. The van der Waals surface area contributed by atoms with Gasteiger partial charge in [-0.1, -0.05) is 33.6 Å². The van der Waals surface area contributed by atoms with Crippen molar-refractivity contribution in [3.63, 3.8) is 0 Å². The molecular weight excluding hydrogens is 412 g/mol. The van der Waals surface area contributed by atoms with E-state index in [1.807, 2.05) is 32.0 Å². The van der Waals surface area contributed by atoms with Crippen LogP contribution >= 0.6 is 15.9 Å². The Kier molecular flexibility index (Phi) is 7.55. The number of aryl methyl sites for hydroxylation is 2. The molecule has 142 valence electrons. The van der Waals surface area contributed by atoms with Gasteiger partial charge in [-0.15, -0.1) is 0 Å². The molecule has 2 aromatic rings. The van der Waals surface area contributed by atoms with Crippen LogP contribution in [0.25, 0.3) is 0 Å². The van der Waals surface area contributed by atoms with Crippen LogP contribution in [-0.2, 0) is 19.1 Å². The molecule has 0 spiro atoms. The van der Waals surface area contributed by atoms with Gasteiger partial charge in [0.2, 0.25) is 5.91 Å². The Morgan fingerprint density at radius 1 is 0.926 bits per heavy atom. The summed E-state index contributed by atoms with van der Waals surface area (Å²) in [6.45, 7) is 3.42. The second-order valence-electron chi connectivity index (χ2n) is 6.08. The molecule has 2 rings (SSSR count). The smallest absolute Gasteiger partial charge is 0.306 e. The zero-order valence-corrected chi connectivity index (χ0v) is 16.8. The van der Waals surface area contributed by atoms with Gasteiger partial charge in [-0.05, 0) is 49.7 Å². The molecule has 0 aromatic heterocycles. The highest BCUT2D eigenvalue weighted by Gasteiger charge is 2.11. The summed E-state index contributed by atoms with van der Waals surface area (Å²) >= 11 is 3.35. The van der Waals surface area contributed by atoms with Crippen LogP contribution in [-0.4, -0.2) is 24.4 Å². The van der Waals surface area contributed by atoms with Crippen LogP contribution in [0.15, 0.2) is 46.9 Å². The summed E-state index contributed by atoms with van der Waals surface area (Å²) in [6.07, 6.45) is -0.109. The number of anilines is 2. The number of carbonyl (C=O) groups is 3. The van der Waals surface area contributed by atoms with Gasteiger partial charge in [0.15, 0.2) is 6.61 Å². The van der Waals surface area contributed by atoms with Crippen molar-refractivity contribution in [3.05, 3.63) is 58.1 Å². The number of carbonyl (C=O) groups excluding carboxylic acids is 3. The fraction of sp³-hybridized carbons (Fsp3) is 0.250. The molecule has 0 atom stereocenters. The Morgan fingerprint density at radius 3 is 2.30 bits per heavy atom. The quantitative estimate of drug-likeness (QED) is 0.648. The maximum absolute atomic E-state index is 11.9. The lowest BCUT2D eigenvalue weighted by Gasteiger charge is -2.09. The van der Waals surface area contributed by atoms with Crippen LogP contribution in [0.4, 0.5) is 11.4 Å². The van der Waals surface area contributed by atoms with Gasteiger partial charge in [0.25, 0.3) is 5.91 Å². The Hall–Kier alpha value is -2.67. The third-order valence-electron chi connectivity index (χ3n) is 3.72. The Morgan fingerprint density at radius 2 is 1.63 bits per heavy atom. The molecule has 0 aliphatic rings. The highest BCUT2D eigenvalue weighted by Crippen LogP contribution is 2.19. The van der Waals surface area contributed by atoms with Crippen LogP contribution < -0.4 is 10.6 Å². The lowest BCUT2D eigenvalue weighted by molar-refractivity contribution is -0.147. The molecule has 2 amide bonds. The lowest BCUT2D eigenvalue weighted by Crippen LogP contribution is -2.22. The maximum Gasteiger partial charge on any atom is 0.306 e. The predicted octanol–water partition coefficient (Wildman–Crippen LogP) is 3.97. The van der Waals surface area contributed by atoms with E-state index in [0.29, 0.717) is 11.4 Å². The Balaban J connectivity index is 1.69. The Bertz CT molecular complexity index is 834. The van der Waals surface area contributed by atoms with E-state index in [1.54, 1.807) is 24.3 Å². The van der Waals surface area contributed by atoms with Gasteiger partial charge in [0.05, 0.1) is 6.42 Å². The summed E-state index contributed by atoms with van der Waals surface area (Å²) in [6, 6.07) is 12.8. The summed E-state index contributed by atoms with van der Waals surface area (Å²) in [5, 5.41) is 5.38. The number of ether oxygens (including phenoxy) is 1. The van der Waals surface area contributed by atoms with Gasteiger partial charge in [0.1, 0.15) is 0 Å². The van der Waals surface area contributed by atoms with Gasteiger partial charge in [0, 0.05) is 22.3 Å². The van der Waals surface area contributed by atoms with E-state index in [9.17, 15) is 14.4 Å². The fourth-order valence-corrected chi connectivity index (χ4v) is 2.72. The number of rotatable bonds is 7. The lowest BCUT2D eigenvalue weighted by atomic mass is 10.2. The summed E-state index contributed by atoms with van der Waals surface area (Å²) in [5.41, 5.74) is 3.30. The molecule has 0 aliphatic carbocycles. The van der Waals surface area contributed by atoms with Crippen molar-refractivity contribution in [2.75, 3.05) is 17.2 Å². The number of nitrogens with one attached hydrogen (secondary N) is 2. The first-order valence-electron chi connectivity index (χ1n) is 8.41.